The summed E-state index contributed by atoms with van der Waals surface area (Å²) in [7, 11) is 0. The van der Waals surface area contributed by atoms with Crippen LogP contribution in [-0.4, -0.2) is 29.9 Å². The van der Waals surface area contributed by atoms with E-state index in [0.717, 1.165) is 24.9 Å². The lowest BCUT2D eigenvalue weighted by Crippen LogP contribution is -2.46. The summed E-state index contributed by atoms with van der Waals surface area (Å²) in [5, 5.41) is 2.40. The van der Waals surface area contributed by atoms with Gasteiger partial charge in [-0.15, -0.1) is 0 Å². The summed E-state index contributed by atoms with van der Waals surface area (Å²) in [5.41, 5.74) is 7.01. The third-order valence-electron chi connectivity index (χ3n) is 3.98. The van der Waals surface area contributed by atoms with Crippen LogP contribution in [0.5, 0.6) is 0 Å². The third-order valence-corrected chi connectivity index (χ3v) is 3.98. The van der Waals surface area contributed by atoms with Crippen LogP contribution in [0.25, 0.3) is 10.8 Å². The first-order valence-corrected chi connectivity index (χ1v) is 7.23. The lowest BCUT2D eigenvalue weighted by atomic mass is 10.0. The molecule has 1 unspecified atom stereocenters. The van der Waals surface area contributed by atoms with Gasteiger partial charge in [-0.2, -0.15) is 0 Å². The first kappa shape index (κ1) is 13.1. The van der Waals surface area contributed by atoms with Crippen molar-refractivity contribution < 1.29 is 4.79 Å². The number of nitrogens with zero attached hydrogens (tertiary/aromatic N) is 1. The maximum Gasteiger partial charge on any atom is 0.227 e. The SMILES string of the molecule is NC1CCCN(C(=O)Cc2ccc3ccccc3c2)C1. The lowest BCUT2D eigenvalue weighted by Gasteiger charge is -2.30. The highest BCUT2D eigenvalue weighted by Crippen LogP contribution is 2.17. The van der Waals surface area contributed by atoms with E-state index in [1.807, 2.05) is 23.1 Å². The van der Waals surface area contributed by atoms with Crippen molar-refractivity contribution in [2.24, 2.45) is 5.73 Å². The van der Waals surface area contributed by atoms with Crippen molar-refractivity contribution >= 4 is 16.7 Å². The molecule has 1 aliphatic rings. The third kappa shape index (κ3) is 2.83. The maximum absolute atomic E-state index is 12.3. The zero-order valence-corrected chi connectivity index (χ0v) is 11.6. The second-order valence-electron chi connectivity index (χ2n) is 5.60. The van der Waals surface area contributed by atoms with Gasteiger partial charge in [0.15, 0.2) is 0 Å². The van der Waals surface area contributed by atoms with Crippen LogP contribution in [0.2, 0.25) is 0 Å². The van der Waals surface area contributed by atoms with E-state index in [1.165, 1.54) is 10.8 Å². The molecule has 3 nitrogen and oxygen atoms in total. The molecule has 2 N–H and O–H groups in total. The fourth-order valence-electron chi connectivity index (χ4n) is 2.87. The Hall–Kier alpha value is -1.87. The number of piperidine rings is 1. The van der Waals surface area contributed by atoms with Gasteiger partial charge in [-0.25, -0.2) is 0 Å². The van der Waals surface area contributed by atoms with Crippen molar-refractivity contribution in [2.75, 3.05) is 13.1 Å². The molecule has 0 spiro atoms. The molecule has 104 valence electrons. The van der Waals surface area contributed by atoms with Gasteiger partial charge >= 0.3 is 0 Å². The second-order valence-corrected chi connectivity index (χ2v) is 5.60. The Morgan fingerprint density at radius 2 is 2.00 bits per heavy atom. The van der Waals surface area contributed by atoms with Crippen LogP contribution in [0.1, 0.15) is 18.4 Å². The Morgan fingerprint density at radius 1 is 1.20 bits per heavy atom. The van der Waals surface area contributed by atoms with Crippen molar-refractivity contribution in [2.45, 2.75) is 25.3 Å². The first-order valence-electron chi connectivity index (χ1n) is 7.23. The molecule has 3 heteroatoms. The number of nitrogens with two attached hydrogens (primary N) is 1. The van der Waals surface area contributed by atoms with Crippen LogP contribution in [0.15, 0.2) is 42.5 Å². The van der Waals surface area contributed by atoms with Gasteiger partial charge in [0.25, 0.3) is 0 Å². The Kier molecular flexibility index (Phi) is 3.70. The van der Waals surface area contributed by atoms with Crippen LogP contribution < -0.4 is 5.73 Å². The van der Waals surface area contributed by atoms with E-state index in [-0.39, 0.29) is 11.9 Å². The molecule has 2 aromatic rings. The van der Waals surface area contributed by atoms with Crippen molar-refractivity contribution in [3.05, 3.63) is 48.0 Å². The monoisotopic (exact) mass is 268 g/mol. The largest absolute Gasteiger partial charge is 0.341 e. The number of carbonyl (C=O) groups excluding carboxylic acids is 1. The Balaban J connectivity index is 1.73. The predicted molar refractivity (Wildman–Crippen MR) is 81.4 cm³/mol. The van der Waals surface area contributed by atoms with Gasteiger partial charge in [-0.1, -0.05) is 42.5 Å². The van der Waals surface area contributed by atoms with Crippen molar-refractivity contribution in [3.8, 4) is 0 Å². The van der Waals surface area contributed by atoms with E-state index in [1.54, 1.807) is 0 Å². The fraction of sp³-hybridized carbons (Fsp3) is 0.353. The zero-order chi connectivity index (χ0) is 13.9. The van der Waals surface area contributed by atoms with Crippen LogP contribution in [0, 0.1) is 0 Å². The molecule has 20 heavy (non-hydrogen) atoms. The summed E-state index contributed by atoms with van der Waals surface area (Å²) < 4.78 is 0. The van der Waals surface area contributed by atoms with E-state index < -0.39 is 0 Å². The highest BCUT2D eigenvalue weighted by atomic mass is 16.2. The number of likely N-dealkylation sites (tertiary alicyclic amines) is 1. The molecule has 3 rings (SSSR count). The minimum atomic E-state index is 0.143. The molecule has 0 radical (unpaired) electrons. The smallest absolute Gasteiger partial charge is 0.227 e. The van der Waals surface area contributed by atoms with Crippen molar-refractivity contribution in [1.82, 2.24) is 4.90 Å². The normalized spacial score (nSPS) is 19.2. The van der Waals surface area contributed by atoms with E-state index in [9.17, 15) is 4.79 Å². The molecule has 0 bridgehead atoms. The van der Waals surface area contributed by atoms with E-state index in [2.05, 4.69) is 24.3 Å². The van der Waals surface area contributed by atoms with Gasteiger partial charge in [-0.3, -0.25) is 4.79 Å². The quantitative estimate of drug-likeness (QED) is 0.908. The van der Waals surface area contributed by atoms with Crippen LogP contribution in [0.3, 0.4) is 0 Å². The summed E-state index contributed by atoms with van der Waals surface area (Å²) in [6, 6.07) is 14.6. The Bertz CT molecular complexity index is 623. The van der Waals surface area contributed by atoms with Gasteiger partial charge in [0.1, 0.15) is 0 Å². The standard InChI is InChI=1S/C17H20N2O/c18-16-6-3-9-19(12-16)17(20)11-13-7-8-14-4-1-2-5-15(14)10-13/h1-2,4-5,7-8,10,16H,3,6,9,11-12,18H2. The van der Waals surface area contributed by atoms with Crippen molar-refractivity contribution in [3.63, 3.8) is 0 Å². The molecule has 1 amide bonds. The molecule has 0 aliphatic carbocycles. The molecule has 1 saturated heterocycles. The average molecular weight is 268 g/mol. The topological polar surface area (TPSA) is 46.3 Å². The summed E-state index contributed by atoms with van der Waals surface area (Å²) in [6.45, 7) is 1.55. The van der Waals surface area contributed by atoms with Crippen LogP contribution in [0.4, 0.5) is 0 Å². The fourth-order valence-corrected chi connectivity index (χ4v) is 2.87. The highest BCUT2D eigenvalue weighted by Gasteiger charge is 2.21. The van der Waals surface area contributed by atoms with E-state index in [0.29, 0.717) is 13.0 Å². The zero-order valence-electron chi connectivity index (χ0n) is 11.6. The minimum Gasteiger partial charge on any atom is -0.341 e. The summed E-state index contributed by atoms with van der Waals surface area (Å²) in [5.74, 6) is 0.190. The number of amides is 1. The van der Waals surface area contributed by atoms with Gasteiger partial charge in [0, 0.05) is 19.1 Å². The highest BCUT2D eigenvalue weighted by molar-refractivity contribution is 5.85. The molecular weight excluding hydrogens is 248 g/mol. The molecule has 1 atom stereocenters. The molecule has 1 fully saturated rings. The first-order chi connectivity index (χ1) is 9.72. The van der Waals surface area contributed by atoms with Gasteiger partial charge in [0.2, 0.25) is 5.91 Å². The molecule has 0 saturated carbocycles. The minimum absolute atomic E-state index is 0.143. The van der Waals surface area contributed by atoms with Crippen LogP contribution in [-0.2, 0) is 11.2 Å². The average Bonchev–Trinajstić information content (AvgIpc) is 2.47. The van der Waals surface area contributed by atoms with Gasteiger partial charge in [-0.05, 0) is 29.2 Å². The summed E-state index contributed by atoms with van der Waals surface area (Å²) in [4.78, 5) is 14.2. The van der Waals surface area contributed by atoms with E-state index in [4.69, 9.17) is 5.73 Å². The maximum atomic E-state index is 12.3. The molecule has 1 aliphatic heterocycles. The van der Waals surface area contributed by atoms with Gasteiger partial charge in [0.05, 0.1) is 6.42 Å². The number of hydrogen-bond acceptors (Lipinski definition) is 2. The Labute approximate surface area is 119 Å². The summed E-state index contributed by atoms with van der Waals surface area (Å²) >= 11 is 0. The number of benzene rings is 2. The number of rotatable bonds is 2. The number of fused-ring (bicyclic) bond motifs is 1. The second kappa shape index (κ2) is 5.63. The van der Waals surface area contributed by atoms with Crippen molar-refractivity contribution in [1.29, 1.82) is 0 Å². The number of hydrogen-bond donors (Lipinski definition) is 1. The lowest BCUT2D eigenvalue weighted by molar-refractivity contribution is -0.131. The number of carbonyl (C=O) groups is 1. The molecular formula is C17H20N2O. The molecule has 0 aromatic heterocycles. The summed E-state index contributed by atoms with van der Waals surface area (Å²) in [6.07, 6.45) is 2.52. The predicted octanol–water partition coefficient (Wildman–Crippen LogP) is 2.33. The Morgan fingerprint density at radius 3 is 2.80 bits per heavy atom. The molecule has 2 aromatic carbocycles. The van der Waals surface area contributed by atoms with Crippen LogP contribution >= 0.6 is 0 Å². The van der Waals surface area contributed by atoms with E-state index >= 15 is 0 Å². The van der Waals surface area contributed by atoms with Gasteiger partial charge < -0.3 is 10.6 Å². The molecule has 1 heterocycles.